The molecule has 10 heteroatoms. The van der Waals surface area contributed by atoms with E-state index in [1.54, 1.807) is 0 Å². The van der Waals surface area contributed by atoms with Crippen molar-refractivity contribution in [2.24, 2.45) is 11.7 Å². The van der Waals surface area contributed by atoms with Crippen LogP contribution in [0.2, 0.25) is 0 Å². The van der Waals surface area contributed by atoms with Gasteiger partial charge in [-0.15, -0.1) is 5.10 Å². The molecule has 1 fully saturated rings. The Labute approximate surface area is 146 Å². The van der Waals surface area contributed by atoms with Crippen molar-refractivity contribution >= 4 is 11.8 Å². The molecule has 2 heterocycles. The summed E-state index contributed by atoms with van der Waals surface area (Å²) in [4.78, 5) is 25.1. The number of alkyl halides is 3. The molecule has 1 aromatic carbocycles. The van der Waals surface area contributed by atoms with Gasteiger partial charge in [-0.25, -0.2) is 4.68 Å². The number of benzene rings is 1. The Kier molecular flexibility index (Phi) is 4.66. The highest BCUT2D eigenvalue weighted by molar-refractivity contribution is 5.92. The van der Waals surface area contributed by atoms with Crippen LogP contribution in [0.1, 0.15) is 28.9 Å². The third kappa shape index (κ3) is 3.53. The lowest BCUT2D eigenvalue weighted by Crippen LogP contribution is -2.41. The van der Waals surface area contributed by atoms with Crippen LogP contribution in [0, 0.1) is 5.92 Å². The number of halogens is 3. The summed E-state index contributed by atoms with van der Waals surface area (Å²) in [5.41, 5.74) is 4.12. The number of hydrogen-bond acceptors (Lipinski definition) is 4. The molecule has 1 aromatic heterocycles. The number of carbonyl (C=O) groups is 2. The van der Waals surface area contributed by atoms with Crippen molar-refractivity contribution in [3.05, 3.63) is 41.7 Å². The van der Waals surface area contributed by atoms with Crippen molar-refractivity contribution < 1.29 is 22.8 Å². The molecule has 0 atom stereocenters. The number of nitrogens with two attached hydrogens (primary N) is 1. The molecule has 0 unspecified atom stereocenters. The second kappa shape index (κ2) is 6.77. The maximum absolute atomic E-state index is 13.1. The molecule has 0 aliphatic carbocycles. The quantitative estimate of drug-likeness (QED) is 0.892. The summed E-state index contributed by atoms with van der Waals surface area (Å²) < 4.78 is 40.3. The van der Waals surface area contributed by atoms with Crippen LogP contribution in [0.25, 0.3) is 5.69 Å². The molecule has 1 aliphatic rings. The van der Waals surface area contributed by atoms with E-state index in [-0.39, 0.29) is 17.3 Å². The van der Waals surface area contributed by atoms with Crippen molar-refractivity contribution in [1.82, 2.24) is 19.9 Å². The van der Waals surface area contributed by atoms with E-state index in [4.69, 9.17) is 5.73 Å². The SMILES string of the molecule is NC(=O)C1CCN(C(=O)c2cn(-c3ccccc3C(F)(F)F)nn2)CC1. The average molecular weight is 367 g/mol. The number of aromatic nitrogens is 3. The van der Waals surface area contributed by atoms with E-state index < -0.39 is 23.6 Å². The Morgan fingerprint density at radius 2 is 1.81 bits per heavy atom. The molecule has 0 spiro atoms. The van der Waals surface area contributed by atoms with E-state index in [2.05, 4.69) is 10.3 Å². The maximum atomic E-state index is 13.1. The number of para-hydroxylation sites is 1. The van der Waals surface area contributed by atoms with E-state index in [0.717, 1.165) is 10.7 Å². The summed E-state index contributed by atoms with van der Waals surface area (Å²) >= 11 is 0. The fraction of sp³-hybridized carbons (Fsp3) is 0.375. The number of rotatable bonds is 3. The number of nitrogens with zero attached hydrogens (tertiary/aromatic N) is 4. The van der Waals surface area contributed by atoms with Crippen molar-refractivity contribution in [2.45, 2.75) is 19.0 Å². The zero-order chi connectivity index (χ0) is 18.9. The van der Waals surface area contributed by atoms with Crippen LogP contribution in [0.15, 0.2) is 30.5 Å². The Morgan fingerprint density at radius 3 is 2.42 bits per heavy atom. The van der Waals surface area contributed by atoms with Crippen molar-refractivity contribution in [3.8, 4) is 5.69 Å². The van der Waals surface area contributed by atoms with Crippen LogP contribution in [0.4, 0.5) is 13.2 Å². The van der Waals surface area contributed by atoms with Gasteiger partial charge in [0.2, 0.25) is 5.91 Å². The molecule has 3 rings (SSSR count). The molecular weight excluding hydrogens is 351 g/mol. The predicted octanol–water partition coefficient (Wildman–Crippen LogP) is 1.62. The molecule has 1 aliphatic heterocycles. The molecule has 0 bridgehead atoms. The van der Waals surface area contributed by atoms with E-state index in [1.807, 2.05) is 0 Å². The van der Waals surface area contributed by atoms with Gasteiger partial charge in [0.25, 0.3) is 5.91 Å². The molecular formula is C16H16F3N5O2. The summed E-state index contributed by atoms with van der Waals surface area (Å²) in [6.45, 7) is 0.664. The van der Waals surface area contributed by atoms with Crippen molar-refractivity contribution in [3.63, 3.8) is 0 Å². The van der Waals surface area contributed by atoms with E-state index in [0.29, 0.717) is 25.9 Å². The monoisotopic (exact) mass is 367 g/mol. The van der Waals surface area contributed by atoms with E-state index >= 15 is 0 Å². The van der Waals surface area contributed by atoms with Crippen molar-refractivity contribution in [2.75, 3.05) is 13.1 Å². The van der Waals surface area contributed by atoms with Gasteiger partial charge in [-0.2, -0.15) is 13.2 Å². The summed E-state index contributed by atoms with van der Waals surface area (Å²) in [5.74, 6) is -1.11. The summed E-state index contributed by atoms with van der Waals surface area (Å²) in [7, 11) is 0. The number of likely N-dealkylation sites (tertiary alicyclic amines) is 1. The Bertz CT molecular complexity index is 825. The normalized spacial score (nSPS) is 15.9. The first-order valence-corrected chi connectivity index (χ1v) is 7.95. The number of hydrogen-bond donors (Lipinski definition) is 1. The first-order chi connectivity index (χ1) is 12.3. The minimum absolute atomic E-state index is 0.0560. The molecule has 138 valence electrons. The lowest BCUT2D eigenvalue weighted by atomic mass is 9.96. The van der Waals surface area contributed by atoms with Crippen LogP contribution >= 0.6 is 0 Å². The molecule has 0 radical (unpaired) electrons. The first kappa shape index (κ1) is 17.9. The highest BCUT2D eigenvalue weighted by atomic mass is 19.4. The minimum Gasteiger partial charge on any atom is -0.369 e. The minimum atomic E-state index is -4.55. The average Bonchev–Trinajstić information content (AvgIpc) is 3.10. The van der Waals surface area contributed by atoms with Gasteiger partial charge in [-0.3, -0.25) is 9.59 Å². The highest BCUT2D eigenvalue weighted by Crippen LogP contribution is 2.33. The summed E-state index contributed by atoms with van der Waals surface area (Å²) in [5, 5.41) is 7.37. The van der Waals surface area contributed by atoms with Gasteiger partial charge in [-0.1, -0.05) is 17.3 Å². The maximum Gasteiger partial charge on any atom is 0.418 e. The topological polar surface area (TPSA) is 94.1 Å². The van der Waals surface area contributed by atoms with E-state index in [9.17, 15) is 22.8 Å². The molecule has 2 aromatic rings. The number of carbonyl (C=O) groups excluding carboxylic acids is 2. The Balaban J connectivity index is 1.79. The molecule has 0 saturated carbocycles. The van der Waals surface area contributed by atoms with Crippen LogP contribution in [-0.4, -0.2) is 44.8 Å². The predicted molar refractivity (Wildman–Crippen MR) is 84.2 cm³/mol. The first-order valence-electron chi connectivity index (χ1n) is 7.95. The van der Waals surface area contributed by atoms with Crippen molar-refractivity contribution in [1.29, 1.82) is 0 Å². The Hall–Kier alpha value is -2.91. The number of piperidine rings is 1. The Morgan fingerprint density at radius 1 is 1.15 bits per heavy atom. The fourth-order valence-corrected chi connectivity index (χ4v) is 2.92. The van der Waals surface area contributed by atoms with Gasteiger partial charge in [0.05, 0.1) is 17.4 Å². The smallest absolute Gasteiger partial charge is 0.369 e. The largest absolute Gasteiger partial charge is 0.418 e. The fourth-order valence-electron chi connectivity index (χ4n) is 2.92. The lowest BCUT2D eigenvalue weighted by Gasteiger charge is -2.29. The third-order valence-corrected chi connectivity index (χ3v) is 4.35. The van der Waals surface area contributed by atoms with Gasteiger partial charge in [0, 0.05) is 19.0 Å². The van der Waals surface area contributed by atoms with Gasteiger partial charge in [0.15, 0.2) is 5.69 Å². The van der Waals surface area contributed by atoms with Gasteiger partial charge in [-0.05, 0) is 25.0 Å². The summed E-state index contributed by atoms with van der Waals surface area (Å²) in [6.07, 6.45) is -2.48. The molecule has 2 amide bonds. The molecule has 2 N–H and O–H groups in total. The van der Waals surface area contributed by atoms with Crippen LogP contribution in [-0.2, 0) is 11.0 Å². The molecule has 7 nitrogen and oxygen atoms in total. The summed E-state index contributed by atoms with van der Waals surface area (Å²) in [6, 6.07) is 4.91. The number of amides is 2. The van der Waals surface area contributed by atoms with Crippen LogP contribution in [0.3, 0.4) is 0 Å². The lowest BCUT2D eigenvalue weighted by molar-refractivity contribution is -0.137. The molecule has 26 heavy (non-hydrogen) atoms. The van der Waals surface area contributed by atoms with Gasteiger partial charge in [0.1, 0.15) is 0 Å². The van der Waals surface area contributed by atoms with Gasteiger partial charge >= 0.3 is 6.18 Å². The van der Waals surface area contributed by atoms with Gasteiger partial charge < -0.3 is 10.6 Å². The number of primary amides is 1. The van der Waals surface area contributed by atoms with E-state index in [1.165, 1.54) is 29.3 Å². The standard InChI is InChI=1S/C16H16F3N5O2/c17-16(18,19)11-3-1-2-4-13(11)24-9-12(21-22-24)15(26)23-7-5-10(6-8-23)14(20)25/h1-4,9-10H,5-8H2,(H2,20,25). The van der Waals surface area contributed by atoms with Crippen LogP contribution in [0.5, 0.6) is 0 Å². The third-order valence-electron chi connectivity index (χ3n) is 4.35. The zero-order valence-corrected chi connectivity index (χ0v) is 13.6. The second-order valence-corrected chi connectivity index (χ2v) is 6.03. The second-order valence-electron chi connectivity index (χ2n) is 6.03. The van der Waals surface area contributed by atoms with Crippen LogP contribution < -0.4 is 5.73 Å². The highest BCUT2D eigenvalue weighted by Gasteiger charge is 2.34. The zero-order valence-electron chi connectivity index (χ0n) is 13.6. The molecule has 1 saturated heterocycles.